The van der Waals surface area contributed by atoms with Gasteiger partial charge in [-0.3, -0.25) is 0 Å². The summed E-state index contributed by atoms with van der Waals surface area (Å²) in [5, 5.41) is 1.89. The molecule has 1 heterocycles. The Labute approximate surface area is 152 Å². The van der Waals surface area contributed by atoms with Crippen LogP contribution in [0.4, 0.5) is 17.6 Å². The Balaban J connectivity index is 1.92. The van der Waals surface area contributed by atoms with Crippen LogP contribution in [0.2, 0.25) is 0 Å². The highest BCUT2D eigenvalue weighted by Crippen LogP contribution is 2.35. The van der Waals surface area contributed by atoms with E-state index >= 15 is 0 Å². The number of hydrogen-bond donors (Lipinski definition) is 0. The van der Waals surface area contributed by atoms with Crippen LogP contribution in [0, 0.1) is 5.82 Å². The third-order valence-electron chi connectivity index (χ3n) is 4.32. The van der Waals surface area contributed by atoms with E-state index in [1.165, 1.54) is 24.3 Å². The predicted octanol–water partition coefficient (Wildman–Crippen LogP) is 6.73. The van der Waals surface area contributed by atoms with E-state index in [2.05, 4.69) is 4.98 Å². The first kappa shape index (κ1) is 17.2. The summed E-state index contributed by atoms with van der Waals surface area (Å²) in [6, 6.07) is 20.3. The van der Waals surface area contributed by atoms with E-state index in [0.29, 0.717) is 11.1 Å². The summed E-state index contributed by atoms with van der Waals surface area (Å²) in [4.78, 5) is 4.37. The van der Waals surface area contributed by atoms with Crippen molar-refractivity contribution in [1.29, 1.82) is 0 Å². The molecule has 0 atom stereocenters. The van der Waals surface area contributed by atoms with Crippen LogP contribution >= 0.6 is 0 Å². The number of rotatable bonds is 2. The monoisotopic (exact) mass is 367 g/mol. The van der Waals surface area contributed by atoms with E-state index in [1.54, 1.807) is 12.1 Å². The second-order valence-corrected chi connectivity index (χ2v) is 6.20. The summed E-state index contributed by atoms with van der Waals surface area (Å²) in [7, 11) is 0. The second kappa shape index (κ2) is 6.50. The van der Waals surface area contributed by atoms with Crippen LogP contribution in [-0.4, -0.2) is 4.98 Å². The van der Waals surface area contributed by atoms with E-state index in [0.717, 1.165) is 22.9 Å². The van der Waals surface area contributed by atoms with Crippen LogP contribution in [0.5, 0.6) is 0 Å². The van der Waals surface area contributed by atoms with Crippen LogP contribution in [0.1, 0.15) is 5.56 Å². The second-order valence-electron chi connectivity index (χ2n) is 6.20. The van der Waals surface area contributed by atoms with E-state index in [-0.39, 0.29) is 11.4 Å². The fourth-order valence-corrected chi connectivity index (χ4v) is 2.99. The Morgan fingerprint density at radius 3 is 1.96 bits per heavy atom. The molecule has 134 valence electrons. The molecular formula is C22H13F4N. The minimum absolute atomic E-state index is 0.0764. The Hall–Kier alpha value is -3.21. The topological polar surface area (TPSA) is 12.9 Å². The summed E-state index contributed by atoms with van der Waals surface area (Å²) in [5.74, 6) is -0.529. The van der Waals surface area contributed by atoms with Gasteiger partial charge in [-0.05, 0) is 41.1 Å². The van der Waals surface area contributed by atoms with Gasteiger partial charge in [0, 0.05) is 11.1 Å². The van der Waals surface area contributed by atoms with Crippen LogP contribution in [0.25, 0.3) is 33.3 Å². The summed E-state index contributed by atoms with van der Waals surface area (Å²) < 4.78 is 53.8. The molecule has 4 aromatic rings. The molecule has 0 saturated heterocycles. The maximum Gasteiger partial charge on any atom is 0.416 e. The molecule has 0 fully saturated rings. The van der Waals surface area contributed by atoms with Crippen molar-refractivity contribution in [2.45, 2.75) is 6.18 Å². The highest BCUT2D eigenvalue weighted by Gasteiger charge is 2.32. The van der Waals surface area contributed by atoms with Gasteiger partial charge >= 0.3 is 6.18 Å². The third-order valence-corrected chi connectivity index (χ3v) is 4.32. The third kappa shape index (κ3) is 3.53. The van der Waals surface area contributed by atoms with Gasteiger partial charge < -0.3 is 0 Å². The lowest BCUT2D eigenvalue weighted by atomic mass is 10.0. The first-order valence-corrected chi connectivity index (χ1v) is 8.24. The van der Waals surface area contributed by atoms with Crippen LogP contribution in [-0.2, 0) is 6.18 Å². The molecule has 1 nitrogen and oxygen atoms in total. The van der Waals surface area contributed by atoms with Crippen molar-refractivity contribution < 1.29 is 17.6 Å². The summed E-state index contributed by atoms with van der Waals surface area (Å²) in [6.45, 7) is 0. The summed E-state index contributed by atoms with van der Waals surface area (Å²) in [5.41, 5.74) is 0.308. The smallest absolute Gasteiger partial charge is 0.248 e. The number of nitrogens with zero attached hydrogens (tertiary/aromatic N) is 1. The molecule has 0 aliphatic rings. The molecule has 1 aromatic heterocycles. The van der Waals surface area contributed by atoms with Crippen molar-refractivity contribution in [2.24, 2.45) is 0 Å². The van der Waals surface area contributed by atoms with Crippen LogP contribution in [0.3, 0.4) is 0 Å². The lowest BCUT2D eigenvalue weighted by molar-refractivity contribution is -0.137. The maximum absolute atomic E-state index is 13.5. The molecule has 0 bridgehead atoms. The largest absolute Gasteiger partial charge is 0.416 e. The van der Waals surface area contributed by atoms with E-state index in [9.17, 15) is 17.6 Å². The molecule has 0 N–H and O–H groups in total. The van der Waals surface area contributed by atoms with Gasteiger partial charge in [-0.1, -0.05) is 48.5 Å². The minimum atomic E-state index is -4.53. The maximum atomic E-state index is 13.5. The Bertz CT molecular complexity index is 1130. The van der Waals surface area contributed by atoms with Gasteiger partial charge in [0.2, 0.25) is 0 Å². The molecule has 3 aromatic carbocycles. The van der Waals surface area contributed by atoms with Gasteiger partial charge in [-0.25, -0.2) is 9.37 Å². The number of halogens is 4. The zero-order chi connectivity index (χ0) is 19.0. The van der Waals surface area contributed by atoms with Gasteiger partial charge in [-0.2, -0.15) is 13.2 Å². The zero-order valence-corrected chi connectivity index (χ0v) is 14.0. The van der Waals surface area contributed by atoms with Crippen molar-refractivity contribution in [1.82, 2.24) is 4.98 Å². The number of benzene rings is 3. The molecule has 4 rings (SSSR count). The van der Waals surface area contributed by atoms with Gasteiger partial charge in [0.1, 0.15) is 5.82 Å². The van der Waals surface area contributed by atoms with E-state index in [1.807, 2.05) is 30.3 Å². The SMILES string of the molecule is Fc1cccc(-c2cc(C(F)(F)F)cc(-c3ccc4ccccc4c3)n2)c1. The van der Waals surface area contributed by atoms with Crippen molar-refractivity contribution >= 4 is 10.8 Å². The Kier molecular flexibility index (Phi) is 4.15. The lowest BCUT2D eigenvalue weighted by Gasteiger charge is -2.12. The van der Waals surface area contributed by atoms with Crippen molar-refractivity contribution in [3.8, 4) is 22.5 Å². The number of aromatic nitrogens is 1. The first-order chi connectivity index (χ1) is 12.9. The van der Waals surface area contributed by atoms with Crippen molar-refractivity contribution in [3.63, 3.8) is 0 Å². The highest BCUT2D eigenvalue weighted by atomic mass is 19.4. The highest BCUT2D eigenvalue weighted by molar-refractivity contribution is 5.87. The van der Waals surface area contributed by atoms with Gasteiger partial charge in [-0.15, -0.1) is 0 Å². The molecule has 5 heteroatoms. The molecular weight excluding hydrogens is 354 g/mol. The first-order valence-electron chi connectivity index (χ1n) is 8.24. The number of fused-ring (bicyclic) bond motifs is 1. The van der Waals surface area contributed by atoms with Gasteiger partial charge in [0.05, 0.1) is 17.0 Å². The van der Waals surface area contributed by atoms with Crippen molar-refractivity contribution in [2.75, 3.05) is 0 Å². The summed E-state index contributed by atoms with van der Waals surface area (Å²) >= 11 is 0. The fourth-order valence-electron chi connectivity index (χ4n) is 2.99. The van der Waals surface area contributed by atoms with E-state index in [4.69, 9.17) is 0 Å². The molecule has 0 unspecified atom stereocenters. The van der Waals surface area contributed by atoms with Crippen LogP contribution < -0.4 is 0 Å². The van der Waals surface area contributed by atoms with Gasteiger partial charge in [0.25, 0.3) is 0 Å². The Morgan fingerprint density at radius 1 is 0.630 bits per heavy atom. The standard InChI is InChI=1S/C22H13F4N/c23-19-7-3-6-16(11-19)20-12-18(22(24,25)26)13-21(27-20)17-9-8-14-4-1-2-5-15(14)10-17/h1-13H. The minimum Gasteiger partial charge on any atom is -0.248 e. The quantitative estimate of drug-likeness (QED) is 0.358. The average Bonchev–Trinajstić information content (AvgIpc) is 2.66. The number of alkyl halides is 3. The van der Waals surface area contributed by atoms with E-state index < -0.39 is 17.6 Å². The molecule has 0 saturated carbocycles. The number of pyridine rings is 1. The van der Waals surface area contributed by atoms with Gasteiger partial charge in [0.15, 0.2) is 0 Å². The molecule has 0 spiro atoms. The molecule has 0 aliphatic carbocycles. The normalized spacial score (nSPS) is 11.7. The number of hydrogen-bond acceptors (Lipinski definition) is 1. The molecule has 0 amide bonds. The molecule has 27 heavy (non-hydrogen) atoms. The van der Waals surface area contributed by atoms with Crippen molar-refractivity contribution in [3.05, 3.63) is 90.2 Å². The molecule has 0 aliphatic heterocycles. The fraction of sp³-hybridized carbons (Fsp3) is 0.0455. The van der Waals surface area contributed by atoms with Crippen LogP contribution in [0.15, 0.2) is 78.9 Å². The average molecular weight is 367 g/mol. The predicted molar refractivity (Wildman–Crippen MR) is 97.6 cm³/mol. The molecule has 0 radical (unpaired) electrons. The Morgan fingerprint density at radius 2 is 1.30 bits per heavy atom. The zero-order valence-electron chi connectivity index (χ0n) is 14.0. The summed E-state index contributed by atoms with van der Waals surface area (Å²) in [6.07, 6.45) is -4.53. The lowest BCUT2D eigenvalue weighted by Crippen LogP contribution is -2.06.